The average molecular weight is 680 g/mol. The zero-order chi connectivity index (χ0) is 30.0. The fraction of sp³-hybridized carbons (Fsp3) is 0.100. The number of aromatic nitrogens is 1. The van der Waals surface area contributed by atoms with Crippen LogP contribution in [0.5, 0.6) is 0 Å². The van der Waals surface area contributed by atoms with E-state index in [1.165, 1.54) is 77.2 Å². The first-order valence-corrected chi connectivity index (χ1v) is 16.5. The van der Waals surface area contributed by atoms with Gasteiger partial charge in [0.25, 0.3) is 0 Å². The fourth-order valence-corrected chi connectivity index (χ4v) is 7.19. The van der Waals surface area contributed by atoms with Crippen molar-refractivity contribution < 1.29 is 0 Å². The van der Waals surface area contributed by atoms with E-state index in [0.717, 1.165) is 17.8 Å². The Kier molecular flexibility index (Phi) is 8.01. The van der Waals surface area contributed by atoms with Gasteiger partial charge in [-0.25, -0.2) is 0 Å². The van der Waals surface area contributed by atoms with Crippen molar-refractivity contribution in [2.45, 2.75) is 26.2 Å². The summed E-state index contributed by atoms with van der Waals surface area (Å²) in [5.41, 5.74) is 13.5. The molecule has 0 bridgehead atoms. The van der Waals surface area contributed by atoms with Gasteiger partial charge in [0.1, 0.15) is 7.85 Å². The molecule has 6 aromatic carbocycles. The van der Waals surface area contributed by atoms with Gasteiger partial charge in [-0.2, -0.15) is 0 Å². The quantitative estimate of drug-likeness (QED) is 0.125. The van der Waals surface area contributed by atoms with Crippen molar-refractivity contribution in [1.82, 2.24) is 4.57 Å². The second-order valence-corrected chi connectivity index (χ2v) is 12.8. The van der Waals surface area contributed by atoms with Crippen LogP contribution < -0.4 is 10.8 Å². The normalized spacial score (nSPS) is 11.3. The molecule has 0 aliphatic rings. The predicted octanol–water partition coefficient (Wildman–Crippen LogP) is 10.1. The minimum atomic E-state index is 1.07. The largest absolute Gasteiger partial charge is 0.355 e. The second-order valence-electron chi connectivity index (χ2n) is 11.6. The molecule has 0 radical (unpaired) electrons. The molecule has 4 heteroatoms. The lowest BCUT2D eigenvalue weighted by molar-refractivity contribution is 0.796. The Morgan fingerprint density at radius 3 is 2.23 bits per heavy atom. The van der Waals surface area contributed by atoms with Crippen LogP contribution in [-0.2, 0) is 6.42 Å². The molecular weight excluding hydrogens is 646 g/mol. The topological polar surface area (TPSA) is 17.0 Å². The molecule has 0 saturated heterocycles. The molecule has 0 unspecified atom stereocenters. The van der Waals surface area contributed by atoms with Crippen molar-refractivity contribution in [3.8, 4) is 27.9 Å². The number of anilines is 2. The predicted molar refractivity (Wildman–Crippen MR) is 201 cm³/mol. The van der Waals surface area contributed by atoms with E-state index >= 15 is 0 Å². The zero-order valence-corrected chi connectivity index (χ0v) is 27.3. The van der Waals surface area contributed by atoms with E-state index in [2.05, 4.69) is 181 Å². The first-order valence-electron chi connectivity index (χ1n) is 15.4. The number of fused-ring (bicyclic) bond motifs is 3. The smallest absolute Gasteiger partial charge is 0.139 e. The molecular formula is C40H34BIN2. The van der Waals surface area contributed by atoms with Gasteiger partial charge in [0.05, 0.1) is 11.0 Å². The second kappa shape index (κ2) is 12.4. The molecule has 0 fully saturated rings. The van der Waals surface area contributed by atoms with Gasteiger partial charge < -0.3 is 9.88 Å². The molecule has 0 spiro atoms. The number of nitrogens with one attached hydrogen (secondary N) is 1. The van der Waals surface area contributed by atoms with Gasteiger partial charge >= 0.3 is 0 Å². The minimum absolute atomic E-state index is 1.07. The molecule has 0 aliphatic heterocycles. The summed E-state index contributed by atoms with van der Waals surface area (Å²) in [4.78, 5) is 0. The van der Waals surface area contributed by atoms with Crippen molar-refractivity contribution in [2.75, 3.05) is 5.32 Å². The zero-order valence-electron chi connectivity index (χ0n) is 25.1. The highest BCUT2D eigenvalue weighted by Gasteiger charge is 2.16. The van der Waals surface area contributed by atoms with Gasteiger partial charge in [-0.3, -0.25) is 0 Å². The number of hydrogen-bond acceptors (Lipinski definition) is 1. The van der Waals surface area contributed by atoms with Gasteiger partial charge in [-0.1, -0.05) is 97.7 Å². The van der Waals surface area contributed by atoms with Crippen LogP contribution in [0.2, 0.25) is 0 Å². The van der Waals surface area contributed by atoms with E-state index < -0.39 is 0 Å². The Balaban J connectivity index is 1.40. The van der Waals surface area contributed by atoms with E-state index in [0.29, 0.717) is 0 Å². The van der Waals surface area contributed by atoms with Crippen LogP contribution in [0.4, 0.5) is 11.4 Å². The fourth-order valence-electron chi connectivity index (χ4n) is 6.38. The Labute approximate surface area is 274 Å². The average Bonchev–Trinajstić information content (AvgIpc) is 3.38. The van der Waals surface area contributed by atoms with Crippen LogP contribution in [0.25, 0.3) is 49.7 Å². The molecule has 44 heavy (non-hydrogen) atoms. The van der Waals surface area contributed by atoms with Crippen molar-refractivity contribution in [3.05, 3.63) is 143 Å². The number of unbranched alkanes of at least 4 members (excludes halogenated alkanes) is 1. The third-order valence-corrected chi connectivity index (χ3v) is 9.09. The van der Waals surface area contributed by atoms with Crippen molar-refractivity contribution in [2.24, 2.45) is 0 Å². The van der Waals surface area contributed by atoms with Gasteiger partial charge in [-0.15, -0.1) is 0 Å². The van der Waals surface area contributed by atoms with Crippen LogP contribution in [-0.4, -0.2) is 12.4 Å². The number of benzene rings is 6. The Morgan fingerprint density at radius 1 is 0.659 bits per heavy atom. The molecule has 0 aliphatic carbocycles. The molecule has 0 saturated carbocycles. The van der Waals surface area contributed by atoms with Crippen molar-refractivity contribution in [1.29, 1.82) is 0 Å². The maximum absolute atomic E-state index is 3.71. The number of rotatable bonds is 8. The Hall–Kier alpha value is -4.29. The number of para-hydroxylation sites is 2. The molecule has 0 amide bonds. The summed E-state index contributed by atoms with van der Waals surface area (Å²) < 4.78 is 3.66. The Morgan fingerprint density at radius 2 is 1.39 bits per heavy atom. The highest BCUT2D eigenvalue weighted by atomic mass is 127. The lowest BCUT2D eigenvalue weighted by Gasteiger charge is -2.17. The van der Waals surface area contributed by atoms with E-state index in [-0.39, 0.29) is 0 Å². The molecule has 214 valence electrons. The van der Waals surface area contributed by atoms with Gasteiger partial charge in [-0.05, 0) is 112 Å². The van der Waals surface area contributed by atoms with Gasteiger partial charge in [0.2, 0.25) is 0 Å². The third-order valence-electron chi connectivity index (χ3n) is 8.47. The molecule has 0 atom stereocenters. The van der Waals surface area contributed by atoms with Gasteiger partial charge in [0, 0.05) is 37.0 Å². The summed E-state index contributed by atoms with van der Waals surface area (Å²) in [6.07, 6.45) is 3.43. The van der Waals surface area contributed by atoms with Crippen molar-refractivity contribution in [3.63, 3.8) is 0 Å². The van der Waals surface area contributed by atoms with Crippen molar-refractivity contribution >= 4 is 69.1 Å². The number of aryl methyl sites for hydroxylation is 1. The van der Waals surface area contributed by atoms with Crippen LogP contribution in [0.3, 0.4) is 0 Å². The number of halogens is 1. The first-order chi connectivity index (χ1) is 21.6. The van der Waals surface area contributed by atoms with Crippen LogP contribution in [0.15, 0.2) is 133 Å². The SMILES string of the molecule is Bc1cc(I)cc(-n2c3ccccc3c3cc(-c4ccc(Nc5ccccc5)c(-c5ccccc5CCCC)c4)ccc32)c1. The standard InChI is InChI=1S/C40H34BIN2/c1-2-3-11-27-12-7-8-15-34(27)36-22-28(18-20-38(36)43-32-13-5-4-6-14-32)29-19-21-40-37(23-29)35-16-9-10-17-39(35)44(40)33-25-30(41)24-31(42)26-33/h4-10,12-26,43H,2-3,11,41H2,1H3. The van der Waals surface area contributed by atoms with Crippen LogP contribution in [0.1, 0.15) is 25.3 Å². The number of nitrogens with zero attached hydrogens (tertiary/aromatic N) is 1. The molecule has 7 rings (SSSR count). The highest BCUT2D eigenvalue weighted by molar-refractivity contribution is 14.1. The maximum atomic E-state index is 3.71. The van der Waals surface area contributed by atoms with E-state index in [9.17, 15) is 0 Å². The molecule has 7 aromatic rings. The minimum Gasteiger partial charge on any atom is -0.355 e. The highest BCUT2D eigenvalue weighted by Crippen LogP contribution is 2.39. The molecule has 2 nitrogen and oxygen atoms in total. The molecule has 1 heterocycles. The summed E-state index contributed by atoms with van der Waals surface area (Å²) in [5.74, 6) is 0. The van der Waals surface area contributed by atoms with Gasteiger partial charge in [0.15, 0.2) is 0 Å². The summed E-state index contributed by atoms with van der Waals surface area (Å²) in [5, 5.41) is 6.25. The van der Waals surface area contributed by atoms with E-state index in [1.807, 2.05) is 0 Å². The summed E-state index contributed by atoms with van der Waals surface area (Å²) in [7, 11) is 2.17. The molecule has 1 N–H and O–H groups in total. The third kappa shape index (κ3) is 5.55. The Bertz CT molecular complexity index is 2090. The van der Waals surface area contributed by atoms with E-state index in [1.54, 1.807) is 0 Å². The summed E-state index contributed by atoms with van der Waals surface area (Å²) in [6, 6.07) is 48.7. The van der Waals surface area contributed by atoms with E-state index in [4.69, 9.17) is 0 Å². The lowest BCUT2D eigenvalue weighted by Crippen LogP contribution is -2.06. The lowest BCUT2D eigenvalue weighted by atomic mass is 9.92. The molecule has 1 aromatic heterocycles. The monoisotopic (exact) mass is 680 g/mol. The summed E-state index contributed by atoms with van der Waals surface area (Å²) >= 11 is 2.42. The summed E-state index contributed by atoms with van der Waals surface area (Å²) in [6.45, 7) is 2.26. The first kappa shape index (κ1) is 28.5. The van der Waals surface area contributed by atoms with Crippen LogP contribution >= 0.6 is 22.6 Å². The maximum Gasteiger partial charge on any atom is 0.139 e. The van der Waals surface area contributed by atoms with Crippen LogP contribution in [0, 0.1) is 3.57 Å². The number of hydrogen-bond donors (Lipinski definition) is 1.